The van der Waals surface area contributed by atoms with Crippen molar-refractivity contribution in [2.45, 2.75) is 26.4 Å². The Bertz CT molecular complexity index is 35.2. The first-order valence-corrected chi connectivity index (χ1v) is 2.76. The molecule has 0 saturated carbocycles. The van der Waals surface area contributed by atoms with Gasteiger partial charge in [0.05, 0.1) is 6.10 Å². The van der Waals surface area contributed by atoms with E-state index in [2.05, 4.69) is 13.8 Å². The van der Waals surface area contributed by atoms with Gasteiger partial charge in [-0.25, -0.2) is 0 Å². The van der Waals surface area contributed by atoms with E-state index in [9.17, 15) is 0 Å². The molecule has 0 aliphatic carbocycles. The Balaban J connectivity index is 2.83. The van der Waals surface area contributed by atoms with Crippen LogP contribution in [0.5, 0.6) is 0 Å². The Morgan fingerprint density at radius 3 is 2.29 bits per heavy atom. The quantitative estimate of drug-likeness (QED) is 0.525. The van der Waals surface area contributed by atoms with E-state index in [4.69, 9.17) is 4.74 Å². The first kappa shape index (κ1) is 6.96. The fourth-order valence-electron chi connectivity index (χ4n) is 0.354. The second-order valence-corrected chi connectivity index (χ2v) is 1.49. The lowest BCUT2D eigenvalue weighted by Crippen LogP contribution is -2.05. The molecule has 0 aromatic rings. The van der Waals surface area contributed by atoms with E-state index in [0.29, 0.717) is 0 Å². The third-order valence-electron chi connectivity index (χ3n) is 0.858. The maximum Gasteiger partial charge on any atom is 0.0573 e. The van der Waals surface area contributed by atoms with Crippen molar-refractivity contribution in [3.05, 3.63) is 6.92 Å². The van der Waals surface area contributed by atoms with E-state index >= 15 is 0 Å². The molecular weight excluding hydrogens is 88.1 g/mol. The van der Waals surface area contributed by atoms with Gasteiger partial charge in [-0.2, -0.15) is 0 Å². The average Bonchev–Trinajstić information content (AvgIpc) is 1.68. The summed E-state index contributed by atoms with van der Waals surface area (Å²) in [4.78, 5) is 0. The molecule has 1 atom stereocenters. The zero-order valence-corrected chi connectivity index (χ0v) is 5.11. The summed E-state index contributed by atoms with van der Waals surface area (Å²) in [6.45, 7) is 8.55. The monoisotopic (exact) mass is 101 g/mol. The summed E-state index contributed by atoms with van der Waals surface area (Å²) in [6, 6.07) is 0. The molecule has 0 N–H and O–H groups in total. The minimum Gasteiger partial charge on any atom is -0.379 e. The summed E-state index contributed by atoms with van der Waals surface area (Å²) < 4.78 is 5.08. The predicted octanol–water partition coefficient (Wildman–Crippen LogP) is 1.64. The highest BCUT2D eigenvalue weighted by Gasteiger charge is 1.92. The van der Waals surface area contributed by atoms with E-state index in [1.54, 1.807) is 0 Å². The predicted molar refractivity (Wildman–Crippen MR) is 31.1 cm³/mol. The van der Waals surface area contributed by atoms with Crippen molar-refractivity contribution >= 4 is 0 Å². The normalized spacial score (nSPS) is 14.1. The topological polar surface area (TPSA) is 9.23 Å². The first-order valence-electron chi connectivity index (χ1n) is 2.76. The van der Waals surface area contributed by atoms with Gasteiger partial charge in [0, 0.05) is 6.61 Å². The molecule has 0 aromatic carbocycles. The second kappa shape index (κ2) is 4.13. The van der Waals surface area contributed by atoms with Gasteiger partial charge in [0.15, 0.2) is 0 Å². The Labute approximate surface area is 45.7 Å². The van der Waals surface area contributed by atoms with Crippen molar-refractivity contribution in [1.82, 2.24) is 0 Å². The van der Waals surface area contributed by atoms with Crippen LogP contribution >= 0.6 is 0 Å². The van der Waals surface area contributed by atoms with E-state index in [0.717, 1.165) is 13.0 Å². The molecule has 0 heterocycles. The van der Waals surface area contributed by atoms with Crippen LogP contribution in [0.1, 0.15) is 20.3 Å². The summed E-state index contributed by atoms with van der Waals surface area (Å²) in [5, 5.41) is 0. The van der Waals surface area contributed by atoms with E-state index < -0.39 is 0 Å². The zero-order valence-electron chi connectivity index (χ0n) is 5.11. The van der Waals surface area contributed by atoms with Crippen LogP contribution in [0.25, 0.3) is 0 Å². The molecule has 0 fully saturated rings. The fourth-order valence-corrected chi connectivity index (χ4v) is 0.354. The summed E-state index contributed by atoms with van der Waals surface area (Å²) in [5.74, 6) is 0. The SMILES string of the molecule is [CH2][C@H](CC)OCC. The van der Waals surface area contributed by atoms with Gasteiger partial charge in [0.25, 0.3) is 0 Å². The lowest BCUT2D eigenvalue weighted by Gasteiger charge is -2.05. The zero-order chi connectivity index (χ0) is 5.70. The van der Waals surface area contributed by atoms with Crippen molar-refractivity contribution in [2.24, 2.45) is 0 Å². The molecule has 1 radical (unpaired) electrons. The first-order chi connectivity index (χ1) is 3.31. The summed E-state index contributed by atoms with van der Waals surface area (Å²) >= 11 is 0. The lowest BCUT2D eigenvalue weighted by atomic mass is 10.3. The van der Waals surface area contributed by atoms with Crippen LogP contribution in [-0.2, 0) is 4.74 Å². The van der Waals surface area contributed by atoms with Gasteiger partial charge in [0.1, 0.15) is 0 Å². The highest BCUT2D eigenvalue weighted by molar-refractivity contribution is 4.53. The molecule has 0 spiro atoms. The highest BCUT2D eigenvalue weighted by Crippen LogP contribution is 1.92. The molecule has 0 amide bonds. The van der Waals surface area contributed by atoms with E-state index in [1.165, 1.54) is 0 Å². The summed E-state index contributed by atoms with van der Waals surface area (Å²) in [5.41, 5.74) is 0. The van der Waals surface area contributed by atoms with Crippen molar-refractivity contribution in [1.29, 1.82) is 0 Å². The van der Waals surface area contributed by atoms with Gasteiger partial charge < -0.3 is 4.74 Å². The van der Waals surface area contributed by atoms with Gasteiger partial charge in [-0.15, -0.1) is 0 Å². The molecule has 0 aliphatic heterocycles. The average molecular weight is 101 g/mol. The van der Waals surface area contributed by atoms with Gasteiger partial charge in [0.2, 0.25) is 0 Å². The molecule has 43 valence electrons. The third-order valence-corrected chi connectivity index (χ3v) is 0.858. The number of hydrogen-bond acceptors (Lipinski definition) is 1. The minimum absolute atomic E-state index is 0.199. The van der Waals surface area contributed by atoms with E-state index in [-0.39, 0.29) is 6.10 Å². The van der Waals surface area contributed by atoms with Crippen LogP contribution < -0.4 is 0 Å². The van der Waals surface area contributed by atoms with Gasteiger partial charge >= 0.3 is 0 Å². The standard InChI is InChI=1S/C6H13O/c1-4-6(3)7-5-2/h6H,3-5H2,1-2H3/t6-/m1/s1. The molecule has 7 heavy (non-hydrogen) atoms. The van der Waals surface area contributed by atoms with Crippen molar-refractivity contribution in [3.8, 4) is 0 Å². The number of ether oxygens (including phenoxy) is 1. The molecular formula is C6H13O. The lowest BCUT2D eigenvalue weighted by molar-refractivity contribution is 0.0919. The fraction of sp³-hybridized carbons (Fsp3) is 0.833. The second-order valence-electron chi connectivity index (χ2n) is 1.49. The van der Waals surface area contributed by atoms with Crippen molar-refractivity contribution in [3.63, 3.8) is 0 Å². The number of hydrogen-bond donors (Lipinski definition) is 0. The summed E-state index contributed by atoms with van der Waals surface area (Å²) in [6.07, 6.45) is 1.21. The largest absolute Gasteiger partial charge is 0.379 e. The smallest absolute Gasteiger partial charge is 0.0573 e. The number of rotatable bonds is 3. The molecule has 0 bridgehead atoms. The van der Waals surface area contributed by atoms with Crippen LogP contribution in [0.2, 0.25) is 0 Å². The maximum absolute atomic E-state index is 5.08. The maximum atomic E-state index is 5.08. The Morgan fingerprint density at radius 1 is 1.57 bits per heavy atom. The van der Waals surface area contributed by atoms with Crippen molar-refractivity contribution in [2.75, 3.05) is 6.61 Å². The summed E-state index contributed by atoms with van der Waals surface area (Å²) in [7, 11) is 0. The molecule has 0 saturated heterocycles. The van der Waals surface area contributed by atoms with E-state index in [1.807, 2.05) is 6.92 Å². The Hall–Kier alpha value is -0.0400. The Morgan fingerprint density at radius 2 is 2.14 bits per heavy atom. The molecule has 1 heteroatoms. The molecule has 0 aliphatic rings. The third kappa shape index (κ3) is 3.80. The molecule has 0 rings (SSSR count). The molecule has 0 unspecified atom stereocenters. The highest BCUT2D eigenvalue weighted by atomic mass is 16.5. The van der Waals surface area contributed by atoms with Crippen LogP contribution in [0, 0.1) is 6.92 Å². The van der Waals surface area contributed by atoms with Crippen LogP contribution in [0.15, 0.2) is 0 Å². The van der Waals surface area contributed by atoms with Crippen LogP contribution in [0.3, 0.4) is 0 Å². The van der Waals surface area contributed by atoms with Crippen LogP contribution in [-0.4, -0.2) is 12.7 Å². The minimum atomic E-state index is 0.199. The van der Waals surface area contributed by atoms with Crippen molar-refractivity contribution < 1.29 is 4.74 Å². The molecule has 0 aromatic heterocycles. The van der Waals surface area contributed by atoms with Crippen LogP contribution in [0.4, 0.5) is 0 Å². The van der Waals surface area contributed by atoms with Gasteiger partial charge in [-0.3, -0.25) is 0 Å². The Kier molecular flexibility index (Phi) is 4.10. The van der Waals surface area contributed by atoms with Gasteiger partial charge in [-0.1, -0.05) is 6.92 Å². The molecule has 1 nitrogen and oxygen atoms in total. The van der Waals surface area contributed by atoms with Gasteiger partial charge in [-0.05, 0) is 20.3 Å².